The second-order valence-electron chi connectivity index (χ2n) is 5.70. The summed E-state index contributed by atoms with van der Waals surface area (Å²) >= 11 is 0. The molecule has 23 heavy (non-hydrogen) atoms. The van der Waals surface area contributed by atoms with E-state index >= 15 is 0 Å². The van der Waals surface area contributed by atoms with Gasteiger partial charge in [0, 0.05) is 37.7 Å². The number of carbonyl (C=O) groups excluding carboxylic acids is 1. The molecule has 1 unspecified atom stereocenters. The van der Waals surface area contributed by atoms with Crippen LogP contribution in [0.25, 0.3) is 0 Å². The number of carbonyl (C=O) groups is 1. The normalized spacial score (nSPS) is 18.3. The number of amides is 1. The van der Waals surface area contributed by atoms with E-state index in [1.807, 2.05) is 0 Å². The number of benzene rings is 1. The molecule has 1 aromatic carbocycles. The second-order valence-corrected chi connectivity index (χ2v) is 5.70. The minimum atomic E-state index is -0.429. The quantitative estimate of drug-likeness (QED) is 0.829. The lowest BCUT2D eigenvalue weighted by Crippen LogP contribution is -2.46. The summed E-state index contributed by atoms with van der Waals surface area (Å²) < 4.78 is 27.1. The van der Waals surface area contributed by atoms with Gasteiger partial charge in [-0.05, 0) is 37.6 Å². The number of likely N-dealkylation sites (tertiary alicyclic amines) is 1. The van der Waals surface area contributed by atoms with E-state index in [2.05, 4.69) is 10.2 Å². The fourth-order valence-electron chi connectivity index (χ4n) is 2.83. The molecule has 1 amide bonds. The molecular formula is C16H24ClF2N3O. The highest BCUT2D eigenvalue weighted by Crippen LogP contribution is 2.21. The van der Waals surface area contributed by atoms with E-state index in [9.17, 15) is 13.6 Å². The highest BCUT2D eigenvalue weighted by molar-refractivity contribution is 5.85. The number of rotatable bonds is 6. The van der Waals surface area contributed by atoms with Crippen LogP contribution >= 0.6 is 12.4 Å². The standard InChI is InChI=1S/C16H23F2N3O.ClH/c17-13-4-5-15(18)12(9-13)11-21-8-2-1-3-14(21)10-20-16(22)6-7-19;/h4-5,9,14H,1-3,6-8,10-11,19H2,(H,20,22);1H. The van der Waals surface area contributed by atoms with Crippen LogP contribution in [0, 0.1) is 11.6 Å². The molecule has 0 bridgehead atoms. The average Bonchev–Trinajstić information content (AvgIpc) is 2.50. The number of hydrogen-bond acceptors (Lipinski definition) is 3. The number of hydrogen-bond donors (Lipinski definition) is 2. The van der Waals surface area contributed by atoms with Crippen LogP contribution < -0.4 is 11.1 Å². The zero-order chi connectivity index (χ0) is 15.9. The molecule has 1 aliphatic heterocycles. The molecule has 3 N–H and O–H groups in total. The van der Waals surface area contributed by atoms with Gasteiger partial charge in [-0.2, -0.15) is 0 Å². The van der Waals surface area contributed by atoms with Gasteiger partial charge in [0.05, 0.1) is 0 Å². The van der Waals surface area contributed by atoms with Crippen molar-refractivity contribution in [3.8, 4) is 0 Å². The first-order valence-corrected chi connectivity index (χ1v) is 7.75. The zero-order valence-electron chi connectivity index (χ0n) is 13.1. The Morgan fingerprint density at radius 3 is 2.87 bits per heavy atom. The third kappa shape index (κ3) is 6.05. The summed E-state index contributed by atoms with van der Waals surface area (Å²) in [6.45, 7) is 2.04. The Bertz CT molecular complexity index is 516. The molecule has 7 heteroatoms. The fourth-order valence-corrected chi connectivity index (χ4v) is 2.83. The van der Waals surface area contributed by atoms with Crippen LogP contribution in [0.15, 0.2) is 18.2 Å². The molecule has 1 aliphatic rings. The largest absolute Gasteiger partial charge is 0.354 e. The van der Waals surface area contributed by atoms with E-state index in [0.717, 1.165) is 37.9 Å². The molecule has 0 saturated carbocycles. The molecule has 1 heterocycles. The minimum absolute atomic E-state index is 0. The molecule has 0 aliphatic carbocycles. The summed E-state index contributed by atoms with van der Waals surface area (Å²) in [5.41, 5.74) is 5.71. The van der Waals surface area contributed by atoms with E-state index in [0.29, 0.717) is 31.6 Å². The Hall–Kier alpha value is -1.24. The lowest BCUT2D eigenvalue weighted by molar-refractivity contribution is -0.121. The molecule has 0 radical (unpaired) electrons. The van der Waals surface area contributed by atoms with Crippen molar-refractivity contribution in [1.29, 1.82) is 0 Å². The molecule has 130 valence electrons. The highest BCUT2D eigenvalue weighted by Gasteiger charge is 2.23. The summed E-state index contributed by atoms with van der Waals surface area (Å²) in [6, 6.07) is 3.68. The van der Waals surface area contributed by atoms with Crippen molar-refractivity contribution in [2.45, 2.75) is 38.3 Å². The molecule has 2 rings (SSSR count). The third-order valence-electron chi connectivity index (χ3n) is 4.04. The summed E-state index contributed by atoms with van der Waals surface area (Å²) in [4.78, 5) is 13.6. The number of piperidine rings is 1. The van der Waals surface area contributed by atoms with E-state index in [1.165, 1.54) is 6.07 Å². The molecule has 4 nitrogen and oxygen atoms in total. The van der Waals surface area contributed by atoms with Gasteiger partial charge in [0.2, 0.25) is 5.91 Å². The van der Waals surface area contributed by atoms with E-state index in [4.69, 9.17) is 5.73 Å². The first-order valence-electron chi connectivity index (χ1n) is 7.75. The van der Waals surface area contributed by atoms with Crippen LogP contribution in [-0.2, 0) is 11.3 Å². The smallest absolute Gasteiger partial charge is 0.221 e. The predicted molar refractivity (Wildman–Crippen MR) is 88.3 cm³/mol. The van der Waals surface area contributed by atoms with Gasteiger partial charge in [-0.1, -0.05) is 6.42 Å². The predicted octanol–water partition coefficient (Wildman–Crippen LogP) is 2.21. The van der Waals surface area contributed by atoms with Gasteiger partial charge in [-0.25, -0.2) is 8.78 Å². The lowest BCUT2D eigenvalue weighted by atomic mass is 10.0. The Kier molecular flexibility index (Phi) is 8.44. The molecule has 1 fully saturated rings. The number of halogens is 3. The SMILES string of the molecule is Cl.NCCC(=O)NCC1CCCCN1Cc1cc(F)ccc1F. The Morgan fingerprint density at radius 2 is 2.13 bits per heavy atom. The first kappa shape index (κ1) is 19.8. The van der Waals surface area contributed by atoms with Gasteiger partial charge in [-0.3, -0.25) is 9.69 Å². The van der Waals surface area contributed by atoms with Crippen molar-refractivity contribution in [3.05, 3.63) is 35.4 Å². The summed E-state index contributed by atoms with van der Waals surface area (Å²) in [6.07, 6.45) is 3.37. The van der Waals surface area contributed by atoms with Crippen molar-refractivity contribution < 1.29 is 13.6 Å². The minimum Gasteiger partial charge on any atom is -0.354 e. The Balaban J connectivity index is 0.00000264. The first-order chi connectivity index (χ1) is 10.6. The van der Waals surface area contributed by atoms with Gasteiger partial charge >= 0.3 is 0 Å². The lowest BCUT2D eigenvalue weighted by Gasteiger charge is -2.36. The van der Waals surface area contributed by atoms with Crippen LogP contribution in [0.2, 0.25) is 0 Å². The maximum atomic E-state index is 13.8. The van der Waals surface area contributed by atoms with Crippen LogP contribution in [-0.4, -0.2) is 36.5 Å². The van der Waals surface area contributed by atoms with Gasteiger partial charge in [0.25, 0.3) is 0 Å². The van der Waals surface area contributed by atoms with Crippen molar-refractivity contribution in [2.75, 3.05) is 19.6 Å². The van der Waals surface area contributed by atoms with Gasteiger partial charge in [0.15, 0.2) is 0 Å². The molecular weight excluding hydrogens is 324 g/mol. The summed E-state index contributed by atoms with van der Waals surface area (Å²) in [5.74, 6) is -0.885. The molecule has 1 atom stereocenters. The topological polar surface area (TPSA) is 58.4 Å². The molecule has 0 aromatic heterocycles. The molecule has 0 spiro atoms. The highest BCUT2D eigenvalue weighted by atomic mass is 35.5. The van der Waals surface area contributed by atoms with Crippen LogP contribution in [0.3, 0.4) is 0 Å². The van der Waals surface area contributed by atoms with Gasteiger partial charge < -0.3 is 11.1 Å². The summed E-state index contributed by atoms with van der Waals surface area (Å²) in [7, 11) is 0. The van der Waals surface area contributed by atoms with E-state index in [-0.39, 0.29) is 24.4 Å². The third-order valence-corrected chi connectivity index (χ3v) is 4.04. The van der Waals surface area contributed by atoms with Crippen molar-refractivity contribution >= 4 is 18.3 Å². The van der Waals surface area contributed by atoms with Crippen LogP contribution in [0.4, 0.5) is 8.78 Å². The summed E-state index contributed by atoms with van der Waals surface area (Å²) in [5, 5.41) is 2.87. The number of nitrogens with zero attached hydrogens (tertiary/aromatic N) is 1. The van der Waals surface area contributed by atoms with Crippen molar-refractivity contribution in [3.63, 3.8) is 0 Å². The molecule has 1 aromatic rings. The zero-order valence-corrected chi connectivity index (χ0v) is 13.9. The van der Waals surface area contributed by atoms with E-state index < -0.39 is 11.6 Å². The maximum absolute atomic E-state index is 13.8. The monoisotopic (exact) mass is 347 g/mol. The Labute approximate surface area is 141 Å². The Morgan fingerprint density at radius 1 is 1.35 bits per heavy atom. The van der Waals surface area contributed by atoms with Crippen LogP contribution in [0.1, 0.15) is 31.2 Å². The van der Waals surface area contributed by atoms with Crippen LogP contribution in [0.5, 0.6) is 0 Å². The average molecular weight is 348 g/mol. The van der Waals surface area contributed by atoms with Crippen molar-refractivity contribution in [1.82, 2.24) is 10.2 Å². The van der Waals surface area contributed by atoms with E-state index in [1.54, 1.807) is 0 Å². The second kappa shape index (κ2) is 9.80. The molecule has 1 saturated heterocycles. The fraction of sp³-hybridized carbons (Fsp3) is 0.562. The number of nitrogens with one attached hydrogen (secondary N) is 1. The van der Waals surface area contributed by atoms with Gasteiger partial charge in [-0.15, -0.1) is 12.4 Å². The maximum Gasteiger partial charge on any atom is 0.221 e. The van der Waals surface area contributed by atoms with Gasteiger partial charge in [0.1, 0.15) is 11.6 Å². The van der Waals surface area contributed by atoms with Crippen molar-refractivity contribution in [2.24, 2.45) is 5.73 Å². The number of nitrogens with two attached hydrogens (primary N) is 1.